The Labute approximate surface area is 119 Å². The first-order valence-corrected chi connectivity index (χ1v) is 6.93. The Hall–Kier alpha value is -1.59. The SMILES string of the molecule is CC(O)c1cccc(NC(=O)NC2(C)CCOCC2)c1. The van der Waals surface area contributed by atoms with Crippen LogP contribution in [0.2, 0.25) is 0 Å². The van der Waals surface area contributed by atoms with Gasteiger partial charge in [-0.15, -0.1) is 0 Å². The average molecular weight is 278 g/mol. The third kappa shape index (κ3) is 3.95. The molecule has 3 N–H and O–H groups in total. The van der Waals surface area contributed by atoms with Gasteiger partial charge in [-0.3, -0.25) is 0 Å². The number of amides is 2. The summed E-state index contributed by atoms with van der Waals surface area (Å²) in [4.78, 5) is 12.0. The van der Waals surface area contributed by atoms with Gasteiger partial charge in [0.1, 0.15) is 0 Å². The molecule has 2 amide bonds. The van der Waals surface area contributed by atoms with Crippen LogP contribution in [0, 0.1) is 0 Å². The molecule has 1 aliphatic heterocycles. The van der Waals surface area contributed by atoms with Crippen LogP contribution in [0.25, 0.3) is 0 Å². The number of aliphatic hydroxyl groups is 1. The highest BCUT2D eigenvalue weighted by Gasteiger charge is 2.28. The first-order chi connectivity index (χ1) is 9.48. The lowest BCUT2D eigenvalue weighted by Crippen LogP contribution is -2.51. The number of hydrogen-bond acceptors (Lipinski definition) is 3. The third-order valence-electron chi connectivity index (χ3n) is 3.64. The first-order valence-electron chi connectivity index (χ1n) is 6.93. The highest BCUT2D eigenvalue weighted by molar-refractivity contribution is 5.89. The van der Waals surface area contributed by atoms with E-state index < -0.39 is 6.10 Å². The Bertz CT molecular complexity index is 468. The summed E-state index contributed by atoms with van der Waals surface area (Å²) in [6.07, 6.45) is 1.08. The molecule has 0 radical (unpaired) electrons. The van der Waals surface area contributed by atoms with Crippen molar-refractivity contribution in [2.75, 3.05) is 18.5 Å². The van der Waals surface area contributed by atoms with Crippen molar-refractivity contribution < 1.29 is 14.6 Å². The van der Waals surface area contributed by atoms with Gasteiger partial charge in [0.15, 0.2) is 0 Å². The van der Waals surface area contributed by atoms with Gasteiger partial charge in [-0.25, -0.2) is 4.79 Å². The van der Waals surface area contributed by atoms with E-state index in [0.29, 0.717) is 18.9 Å². The molecule has 1 heterocycles. The molecule has 0 saturated carbocycles. The van der Waals surface area contributed by atoms with Gasteiger partial charge in [0, 0.05) is 24.4 Å². The molecule has 1 unspecified atom stereocenters. The molecular formula is C15H22N2O3. The Morgan fingerprint density at radius 1 is 1.40 bits per heavy atom. The fourth-order valence-electron chi connectivity index (χ4n) is 2.26. The van der Waals surface area contributed by atoms with Crippen LogP contribution >= 0.6 is 0 Å². The molecule has 5 heteroatoms. The molecule has 1 aromatic carbocycles. The number of nitrogens with one attached hydrogen (secondary N) is 2. The van der Waals surface area contributed by atoms with E-state index in [1.54, 1.807) is 19.1 Å². The molecule has 5 nitrogen and oxygen atoms in total. The molecule has 0 spiro atoms. The summed E-state index contributed by atoms with van der Waals surface area (Å²) in [5.41, 5.74) is 1.24. The maximum absolute atomic E-state index is 12.0. The minimum Gasteiger partial charge on any atom is -0.389 e. The third-order valence-corrected chi connectivity index (χ3v) is 3.64. The summed E-state index contributed by atoms with van der Waals surface area (Å²) in [6, 6.07) is 6.99. The van der Waals surface area contributed by atoms with Crippen molar-refractivity contribution >= 4 is 11.7 Å². The molecule has 2 rings (SSSR count). The number of carbonyl (C=O) groups excluding carboxylic acids is 1. The molecule has 0 bridgehead atoms. The minimum absolute atomic E-state index is 0.218. The number of anilines is 1. The summed E-state index contributed by atoms with van der Waals surface area (Å²) in [5.74, 6) is 0. The van der Waals surface area contributed by atoms with Crippen LogP contribution in [0.4, 0.5) is 10.5 Å². The van der Waals surface area contributed by atoms with Crippen LogP contribution in [0.5, 0.6) is 0 Å². The number of hydrogen-bond donors (Lipinski definition) is 3. The predicted octanol–water partition coefficient (Wildman–Crippen LogP) is 2.43. The fraction of sp³-hybridized carbons (Fsp3) is 0.533. The van der Waals surface area contributed by atoms with E-state index in [9.17, 15) is 9.90 Å². The lowest BCUT2D eigenvalue weighted by Gasteiger charge is -2.34. The van der Waals surface area contributed by atoms with E-state index in [1.807, 2.05) is 19.1 Å². The van der Waals surface area contributed by atoms with Crippen molar-refractivity contribution in [3.05, 3.63) is 29.8 Å². The fourth-order valence-corrected chi connectivity index (χ4v) is 2.26. The van der Waals surface area contributed by atoms with Crippen molar-refractivity contribution in [2.24, 2.45) is 0 Å². The van der Waals surface area contributed by atoms with E-state index in [-0.39, 0.29) is 11.6 Å². The summed E-state index contributed by atoms with van der Waals surface area (Å²) in [7, 11) is 0. The smallest absolute Gasteiger partial charge is 0.319 e. The van der Waals surface area contributed by atoms with Gasteiger partial charge in [-0.2, -0.15) is 0 Å². The van der Waals surface area contributed by atoms with Gasteiger partial charge in [-0.1, -0.05) is 12.1 Å². The molecule has 110 valence electrons. The van der Waals surface area contributed by atoms with E-state index in [4.69, 9.17) is 4.74 Å². The second kappa shape index (κ2) is 6.24. The lowest BCUT2D eigenvalue weighted by atomic mass is 9.93. The van der Waals surface area contributed by atoms with Crippen LogP contribution in [0.15, 0.2) is 24.3 Å². The number of urea groups is 1. The standard InChI is InChI=1S/C15H22N2O3/c1-11(18)12-4-3-5-13(10-12)16-14(19)17-15(2)6-8-20-9-7-15/h3-5,10-11,18H,6-9H2,1-2H3,(H2,16,17,19). The summed E-state index contributed by atoms with van der Waals surface area (Å²) >= 11 is 0. The Morgan fingerprint density at radius 2 is 2.10 bits per heavy atom. The molecule has 0 aliphatic carbocycles. The summed E-state index contributed by atoms with van der Waals surface area (Å²) < 4.78 is 5.31. The second-order valence-electron chi connectivity index (χ2n) is 5.55. The highest BCUT2D eigenvalue weighted by Crippen LogP contribution is 2.20. The van der Waals surface area contributed by atoms with Crippen molar-refractivity contribution in [1.82, 2.24) is 5.32 Å². The zero-order valence-corrected chi connectivity index (χ0v) is 12.0. The Morgan fingerprint density at radius 3 is 2.75 bits per heavy atom. The van der Waals surface area contributed by atoms with Crippen LogP contribution in [0.3, 0.4) is 0 Å². The molecule has 0 aromatic heterocycles. The molecule has 1 fully saturated rings. The Kier molecular flexibility index (Phi) is 4.62. The topological polar surface area (TPSA) is 70.6 Å². The van der Waals surface area contributed by atoms with E-state index in [0.717, 1.165) is 18.4 Å². The monoisotopic (exact) mass is 278 g/mol. The highest BCUT2D eigenvalue weighted by atomic mass is 16.5. The van der Waals surface area contributed by atoms with Gasteiger partial charge in [-0.05, 0) is 44.4 Å². The number of ether oxygens (including phenoxy) is 1. The predicted molar refractivity (Wildman–Crippen MR) is 77.7 cm³/mol. The summed E-state index contributed by atoms with van der Waals surface area (Å²) in [6.45, 7) is 5.08. The van der Waals surface area contributed by atoms with Crippen LogP contribution in [0.1, 0.15) is 38.4 Å². The van der Waals surface area contributed by atoms with Crippen LogP contribution in [-0.2, 0) is 4.74 Å². The number of carbonyl (C=O) groups is 1. The van der Waals surface area contributed by atoms with Crippen molar-refractivity contribution in [2.45, 2.75) is 38.3 Å². The van der Waals surface area contributed by atoms with Crippen LogP contribution in [-0.4, -0.2) is 29.9 Å². The molecule has 20 heavy (non-hydrogen) atoms. The number of benzene rings is 1. The maximum atomic E-state index is 12.0. The molecule has 1 atom stereocenters. The van der Waals surface area contributed by atoms with Gasteiger partial charge in [0.25, 0.3) is 0 Å². The molecule has 1 saturated heterocycles. The quantitative estimate of drug-likeness (QED) is 0.795. The van der Waals surface area contributed by atoms with Crippen molar-refractivity contribution in [1.29, 1.82) is 0 Å². The van der Waals surface area contributed by atoms with Gasteiger partial charge in [0.2, 0.25) is 0 Å². The summed E-state index contributed by atoms with van der Waals surface area (Å²) in [5, 5.41) is 15.3. The first kappa shape index (κ1) is 14.8. The van der Waals surface area contributed by atoms with Gasteiger partial charge < -0.3 is 20.5 Å². The van der Waals surface area contributed by atoms with Crippen LogP contribution < -0.4 is 10.6 Å². The Balaban J connectivity index is 1.95. The van der Waals surface area contributed by atoms with Crippen molar-refractivity contribution in [3.63, 3.8) is 0 Å². The van der Waals surface area contributed by atoms with E-state index in [2.05, 4.69) is 10.6 Å². The second-order valence-corrected chi connectivity index (χ2v) is 5.55. The van der Waals surface area contributed by atoms with E-state index in [1.165, 1.54) is 0 Å². The van der Waals surface area contributed by atoms with E-state index >= 15 is 0 Å². The number of rotatable bonds is 3. The van der Waals surface area contributed by atoms with Gasteiger partial charge >= 0.3 is 6.03 Å². The molecular weight excluding hydrogens is 256 g/mol. The van der Waals surface area contributed by atoms with Gasteiger partial charge in [0.05, 0.1) is 6.10 Å². The zero-order valence-electron chi connectivity index (χ0n) is 12.0. The zero-order chi connectivity index (χ0) is 14.6. The number of aliphatic hydroxyl groups excluding tert-OH is 1. The van der Waals surface area contributed by atoms with Crippen molar-refractivity contribution in [3.8, 4) is 0 Å². The average Bonchev–Trinajstić information content (AvgIpc) is 2.39. The maximum Gasteiger partial charge on any atom is 0.319 e. The normalized spacial score (nSPS) is 19.1. The minimum atomic E-state index is -0.548. The lowest BCUT2D eigenvalue weighted by molar-refractivity contribution is 0.0499. The molecule has 1 aromatic rings. The largest absolute Gasteiger partial charge is 0.389 e. The molecule has 1 aliphatic rings.